The summed E-state index contributed by atoms with van der Waals surface area (Å²) < 4.78 is 0. The van der Waals surface area contributed by atoms with Gasteiger partial charge in [0.1, 0.15) is 0 Å². The minimum absolute atomic E-state index is 0. The van der Waals surface area contributed by atoms with Gasteiger partial charge in [-0.05, 0) is 44.4 Å². The Morgan fingerprint density at radius 3 is 2.60 bits per heavy atom. The fraction of sp³-hybridized carbons (Fsp3) is 0.579. The maximum Gasteiger partial charge on any atom is 0.251 e. The number of amides is 1. The Balaban J connectivity index is 0.00000576. The first-order chi connectivity index (χ1) is 11.6. The molecule has 0 aliphatic heterocycles. The summed E-state index contributed by atoms with van der Waals surface area (Å²) in [5.41, 5.74) is 1.71. The minimum Gasteiger partial charge on any atom is -0.357 e. The highest BCUT2D eigenvalue weighted by Crippen LogP contribution is 2.07. The number of nitrogens with zero attached hydrogens (tertiary/aromatic N) is 1. The lowest BCUT2D eigenvalue weighted by molar-refractivity contribution is 0.0939. The molecule has 0 saturated heterocycles. The molecule has 0 bridgehead atoms. The quantitative estimate of drug-likeness (QED) is 0.228. The van der Waals surface area contributed by atoms with E-state index >= 15 is 0 Å². The second-order valence-electron chi connectivity index (χ2n) is 5.96. The van der Waals surface area contributed by atoms with Crippen LogP contribution in [0.15, 0.2) is 29.3 Å². The molecule has 25 heavy (non-hydrogen) atoms. The Bertz CT molecular complexity index is 534. The third kappa shape index (κ3) is 9.67. The van der Waals surface area contributed by atoms with Crippen LogP contribution in [0.1, 0.15) is 62.9 Å². The number of nitrogens with one attached hydrogen (secondary N) is 3. The number of aliphatic imine (C=N–C) groups is 1. The summed E-state index contributed by atoms with van der Waals surface area (Å²) in [4.78, 5) is 16.8. The molecule has 6 heteroatoms. The zero-order chi connectivity index (χ0) is 17.8. The van der Waals surface area contributed by atoms with E-state index in [9.17, 15) is 4.79 Å². The number of hydrogen-bond donors (Lipinski definition) is 3. The molecule has 3 N–H and O–H groups in total. The summed E-state index contributed by atoms with van der Waals surface area (Å²) in [5.74, 6) is 0.795. The van der Waals surface area contributed by atoms with Gasteiger partial charge in [0.05, 0.1) is 6.54 Å². The smallest absolute Gasteiger partial charge is 0.251 e. The van der Waals surface area contributed by atoms with Gasteiger partial charge >= 0.3 is 0 Å². The van der Waals surface area contributed by atoms with E-state index in [-0.39, 0.29) is 35.9 Å². The van der Waals surface area contributed by atoms with Gasteiger partial charge in [0.2, 0.25) is 0 Å². The van der Waals surface area contributed by atoms with Crippen LogP contribution < -0.4 is 16.0 Å². The molecule has 1 aromatic rings. The van der Waals surface area contributed by atoms with Gasteiger partial charge < -0.3 is 16.0 Å². The number of halogens is 1. The van der Waals surface area contributed by atoms with Crippen LogP contribution >= 0.6 is 24.0 Å². The maximum absolute atomic E-state index is 12.2. The average Bonchev–Trinajstić information content (AvgIpc) is 2.60. The molecule has 0 spiro atoms. The maximum atomic E-state index is 12.2. The van der Waals surface area contributed by atoms with Crippen LogP contribution in [0, 0.1) is 0 Å². The standard InChI is InChI=1S/C19H32N4O.HI/c1-5-8-12-21-19(20-7-3)22-14-16-10-9-11-17(13-16)18(24)23-15(4)6-2;/h9-11,13,15H,5-8,12,14H2,1-4H3,(H,23,24)(H2,20,21,22);1H. The van der Waals surface area contributed by atoms with E-state index in [1.165, 1.54) is 0 Å². The number of carbonyl (C=O) groups excluding carboxylic acids is 1. The number of rotatable bonds is 9. The zero-order valence-corrected chi connectivity index (χ0v) is 18.2. The summed E-state index contributed by atoms with van der Waals surface area (Å²) in [6.45, 7) is 10.6. The third-order valence-corrected chi connectivity index (χ3v) is 3.77. The van der Waals surface area contributed by atoms with Gasteiger partial charge in [-0.15, -0.1) is 24.0 Å². The summed E-state index contributed by atoms with van der Waals surface area (Å²) in [5, 5.41) is 9.56. The van der Waals surface area contributed by atoms with Crippen molar-refractivity contribution >= 4 is 35.8 Å². The first-order valence-corrected chi connectivity index (χ1v) is 9.02. The van der Waals surface area contributed by atoms with Gasteiger partial charge in [-0.1, -0.05) is 32.4 Å². The van der Waals surface area contributed by atoms with Gasteiger partial charge in [-0.2, -0.15) is 0 Å². The largest absolute Gasteiger partial charge is 0.357 e. The molecule has 0 radical (unpaired) electrons. The van der Waals surface area contributed by atoms with E-state index in [1.807, 2.05) is 31.2 Å². The van der Waals surface area contributed by atoms with E-state index in [0.29, 0.717) is 12.1 Å². The molecule has 1 rings (SSSR count). The Labute approximate surface area is 169 Å². The highest BCUT2D eigenvalue weighted by atomic mass is 127. The Hall–Kier alpha value is -1.31. The molecule has 5 nitrogen and oxygen atoms in total. The fourth-order valence-corrected chi connectivity index (χ4v) is 2.12. The Kier molecular flexibility index (Phi) is 13.2. The molecular formula is C19H33IN4O. The molecule has 0 heterocycles. The Morgan fingerprint density at radius 1 is 1.20 bits per heavy atom. The number of benzene rings is 1. The number of carbonyl (C=O) groups is 1. The summed E-state index contributed by atoms with van der Waals surface area (Å²) in [7, 11) is 0. The molecule has 142 valence electrons. The predicted octanol–water partition coefficient (Wildman–Crippen LogP) is 3.69. The van der Waals surface area contributed by atoms with Crippen LogP contribution in [-0.4, -0.2) is 31.0 Å². The minimum atomic E-state index is -0.0249. The van der Waals surface area contributed by atoms with E-state index in [2.05, 4.69) is 41.7 Å². The second-order valence-corrected chi connectivity index (χ2v) is 5.96. The summed E-state index contributed by atoms with van der Waals surface area (Å²) >= 11 is 0. The van der Waals surface area contributed by atoms with Crippen molar-refractivity contribution in [2.45, 2.75) is 59.5 Å². The van der Waals surface area contributed by atoms with E-state index in [4.69, 9.17) is 0 Å². The Morgan fingerprint density at radius 2 is 1.96 bits per heavy atom. The van der Waals surface area contributed by atoms with Crippen LogP contribution in [0.4, 0.5) is 0 Å². The molecule has 1 atom stereocenters. The second kappa shape index (κ2) is 13.9. The van der Waals surface area contributed by atoms with Gasteiger partial charge in [-0.25, -0.2) is 4.99 Å². The van der Waals surface area contributed by atoms with Crippen LogP contribution in [-0.2, 0) is 6.54 Å². The van der Waals surface area contributed by atoms with Crippen molar-refractivity contribution in [3.63, 3.8) is 0 Å². The van der Waals surface area contributed by atoms with Crippen LogP contribution in [0.2, 0.25) is 0 Å². The van der Waals surface area contributed by atoms with Gasteiger partial charge in [0.15, 0.2) is 5.96 Å². The van der Waals surface area contributed by atoms with Crippen LogP contribution in [0.3, 0.4) is 0 Å². The molecule has 1 unspecified atom stereocenters. The topological polar surface area (TPSA) is 65.5 Å². The summed E-state index contributed by atoms with van der Waals surface area (Å²) in [6.07, 6.45) is 3.20. The van der Waals surface area contributed by atoms with E-state index in [1.54, 1.807) is 0 Å². The molecule has 0 saturated carbocycles. The summed E-state index contributed by atoms with van der Waals surface area (Å²) in [6, 6.07) is 7.85. The highest BCUT2D eigenvalue weighted by molar-refractivity contribution is 14.0. The number of hydrogen-bond acceptors (Lipinski definition) is 2. The van der Waals surface area contributed by atoms with Crippen LogP contribution in [0.5, 0.6) is 0 Å². The SMILES string of the molecule is CCCCNC(=NCc1cccc(C(=O)NC(C)CC)c1)NCC.I. The molecule has 0 aromatic heterocycles. The fourth-order valence-electron chi connectivity index (χ4n) is 2.12. The van der Waals surface area contributed by atoms with E-state index < -0.39 is 0 Å². The molecule has 0 aliphatic carbocycles. The van der Waals surface area contributed by atoms with Crippen molar-refractivity contribution in [2.75, 3.05) is 13.1 Å². The normalized spacial score (nSPS) is 12.1. The van der Waals surface area contributed by atoms with E-state index in [0.717, 1.165) is 43.9 Å². The third-order valence-electron chi connectivity index (χ3n) is 3.77. The van der Waals surface area contributed by atoms with Gasteiger partial charge in [0, 0.05) is 24.7 Å². The predicted molar refractivity (Wildman–Crippen MR) is 117 cm³/mol. The lowest BCUT2D eigenvalue weighted by atomic mass is 10.1. The molecule has 0 fully saturated rings. The van der Waals surface area contributed by atoms with Crippen LogP contribution in [0.25, 0.3) is 0 Å². The lowest BCUT2D eigenvalue weighted by Gasteiger charge is -2.12. The highest BCUT2D eigenvalue weighted by Gasteiger charge is 2.08. The molecule has 0 aliphatic rings. The van der Waals surface area contributed by atoms with Crippen molar-refractivity contribution < 1.29 is 4.79 Å². The zero-order valence-electron chi connectivity index (χ0n) is 15.9. The monoisotopic (exact) mass is 460 g/mol. The molecule has 1 aromatic carbocycles. The van der Waals surface area contributed by atoms with Crippen molar-refractivity contribution in [3.8, 4) is 0 Å². The number of unbranched alkanes of at least 4 members (excludes halogenated alkanes) is 1. The first kappa shape index (κ1) is 23.7. The van der Waals surface area contributed by atoms with Crippen molar-refractivity contribution in [1.29, 1.82) is 0 Å². The number of guanidine groups is 1. The average molecular weight is 460 g/mol. The lowest BCUT2D eigenvalue weighted by Crippen LogP contribution is -2.37. The van der Waals surface area contributed by atoms with Crippen molar-refractivity contribution in [2.24, 2.45) is 4.99 Å². The van der Waals surface area contributed by atoms with Crippen molar-refractivity contribution in [1.82, 2.24) is 16.0 Å². The van der Waals surface area contributed by atoms with Gasteiger partial charge in [0.25, 0.3) is 5.91 Å². The van der Waals surface area contributed by atoms with Crippen molar-refractivity contribution in [3.05, 3.63) is 35.4 Å². The molecular weight excluding hydrogens is 427 g/mol. The molecule has 1 amide bonds. The van der Waals surface area contributed by atoms with Gasteiger partial charge in [-0.3, -0.25) is 4.79 Å². The first-order valence-electron chi connectivity index (χ1n) is 9.02.